The highest BCUT2D eigenvalue weighted by Gasteiger charge is 2.15. The lowest BCUT2D eigenvalue weighted by molar-refractivity contribution is 0.0953. The zero-order valence-corrected chi connectivity index (χ0v) is 14.8. The van der Waals surface area contributed by atoms with Crippen LogP contribution in [0.15, 0.2) is 48.0 Å². The maximum Gasteiger partial charge on any atom is 0.253 e. The molecule has 0 radical (unpaired) electrons. The molecule has 124 valence electrons. The van der Waals surface area contributed by atoms with Gasteiger partial charge in [0, 0.05) is 29.0 Å². The smallest absolute Gasteiger partial charge is 0.253 e. The van der Waals surface area contributed by atoms with Crippen LogP contribution in [-0.4, -0.2) is 22.0 Å². The van der Waals surface area contributed by atoms with Crippen LogP contribution >= 0.6 is 11.3 Å². The molecule has 3 aromatic rings. The highest BCUT2D eigenvalue weighted by molar-refractivity contribution is 7.09. The van der Waals surface area contributed by atoms with Gasteiger partial charge in [-0.05, 0) is 49.9 Å². The number of nitrogens with zero attached hydrogens (tertiary/aromatic N) is 2. The molecule has 3 aromatic heterocycles. The van der Waals surface area contributed by atoms with Crippen molar-refractivity contribution in [2.45, 2.75) is 26.8 Å². The highest BCUT2D eigenvalue weighted by Crippen LogP contribution is 2.17. The minimum absolute atomic E-state index is 0.00748. The number of hydrogen-bond acceptors (Lipinski definition) is 3. The van der Waals surface area contributed by atoms with Crippen LogP contribution in [0.1, 0.15) is 32.3 Å². The molecule has 0 aliphatic rings. The normalized spacial score (nSPS) is 10.8. The Balaban J connectivity index is 1.67. The van der Waals surface area contributed by atoms with Crippen LogP contribution in [0.4, 0.5) is 0 Å². The van der Waals surface area contributed by atoms with E-state index in [9.17, 15) is 4.79 Å². The van der Waals surface area contributed by atoms with Crippen molar-refractivity contribution in [2.75, 3.05) is 6.54 Å². The molecule has 1 N–H and O–H groups in total. The molecule has 0 saturated heterocycles. The standard InChI is InChI=1S/C19H21N3OS/c1-14-12-18(19(23)21-10-8-17-7-5-11-24-17)15(2)22(14)13-16-6-3-4-9-20-16/h3-7,9,11-12H,8,10,13H2,1-2H3,(H,21,23). The summed E-state index contributed by atoms with van der Waals surface area (Å²) in [5, 5.41) is 5.08. The first-order chi connectivity index (χ1) is 11.6. The summed E-state index contributed by atoms with van der Waals surface area (Å²) < 4.78 is 2.14. The number of carbonyl (C=O) groups excluding carboxylic acids is 1. The van der Waals surface area contributed by atoms with Gasteiger partial charge in [-0.15, -0.1) is 11.3 Å². The molecule has 0 aliphatic heterocycles. The van der Waals surface area contributed by atoms with Crippen molar-refractivity contribution in [1.29, 1.82) is 0 Å². The zero-order valence-electron chi connectivity index (χ0n) is 14.0. The number of aryl methyl sites for hydroxylation is 1. The average molecular weight is 339 g/mol. The topological polar surface area (TPSA) is 46.9 Å². The first-order valence-corrected chi connectivity index (χ1v) is 8.90. The van der Waals surface area contributed by atoms with Crippen molar-refractivity contribution >= 4 is 17.2 Å². The number of nitrogens with one attached hydrogen (secondary N) is 1. The zero-order chi connectivity index (χ0) is 16.9. The van der Waals surface area contributed by atoms with Crippen molar-refractivity contribution in [2.24, 2.45) is 0 Å². The Hall–Kier alpha value is -2.40. The van der Waals surface area contributed by atoms with Crippen LogP contribution in [0.3, 0.4) is 0 Å². The van der Waals surface area contributed by atoms with Crippen molar-refractivity contribution in [1.82, 2.24) is 14.9 Å². The summed E-state index contributed by atoms with van der Waals surface area (Å²) in [5.74, 6) is -0.00748. The second-order valence-corrected chi connectivity index (χ2v) is 6.81. The third kappa shape index (κ3) is 3.74. The summed E-state index contributed by atoms with van der Waals surface area (Å²) in [6, 6.07) is 12.0. The third-order valence-corrected chi connectivity index (χ3v) is 5.04. The molecule has 0 aromatic carbocycles. The van der Waals surface area contributed by atoms with Crippen LogP contribution in [-0.2, 0) is 13.0 Å². The second kappa shape index (κ2) is 7.45. The van der Waals surface area contributed by atoms with E-state index in [2.05, 4.69) is 26.3 Å². The fourth-order valence-corrected chi connectivity index (χ4v) is 3.49. The van der Waals surface area contributed by atoms with Crippen LogP contribution < -0.4 is 5.32 Å². The maximum atomic E-state index is 12.5. The molecule has 4 nitrogen and oxygen atoms in total. The van der Waals surface area contributed by atoms with E-state index < -0.39 is 0 Å². The average Bonchev–Trinajstić information content (AvgIpc) is 3.19. The van der Waals surface area contributed by atoms with Gasteiger partial charge in [0.25, 0.3) is 5.91 Å². The van der Waals surface area contributed by atoms with Crippen LogP contribution in [0.5, 0.6) is 0 Å². The number of hydrogen-bond donors (Lipinski definition) is 1. The third-order valence-electron chi connectivity index (χ3n) is 4.10. The summed E-state index contributed by atoms with van der Waals surface area (Å²) in [6.45, 7) is 5.35. The second-order valence-electron chi connectivity index (χ2n) is 5.78. The molecule has 24 heavy (non-hydrogen) atoms. The van der Waals surface area contributed by atoms with Crippen LogP contribution in [0.2, 0.25) is 0 Å². The van der Waals surface area contributed by atoms with Gasteiger partial charge in [-0.1, -0.05) is 12.1 Å². The van der Waals surface area contributed by atoms with Gasteiger partial charge >= 0.3 is 0 Å². The molecule has 3 heterocycles. The van der Waals surface area contributed by atoms with E-state index in [-0.39, 0.29) is 5.91 Å². The number of carbonyl (C=O) groups is 1. The van der Waals surface area contributed by atoms with E-state index in [1.54, 1.807) is 17.5 Å². The van der Waals surface area contributed by atoms with Crippen LogP contribution in [0, 0.1) is 13.8 Å². The SMILES string of the molecule is Cc1cc(C(=O)NCCc2cccs2)c(C)n1Cc1ccccn1. The van der Waals surface area contributed by atoms with E-state index >= 15 is 0 Å². The summed E-state index contributed by atoms with van der Waals surface area (Å²) in [5.41, 5.74) is 3.78. The van der Waals surface area contributed by atoms with E-state index in [4.69, 9.17) is 0 Å². The molecule has 5 heteroatoms. The monoisotopic (exact) mass is 339 g/mol. The molecule has 0 bridgehead atoms. The molecule has 3 rings (SSSR count). The lowest BCUT2D eigenvalue weighted by Crippen LogP contribution is -2.26. The molecule has 0 aliphatic carbocycles. The van der Waals surface area contributed by atoms with Gasteiger partial charge in [0.2, 0.25) is 0 Å². The number of amides is 1. The molecule has 0 atom stereocenters. The molecule has 0 saturated carbocycles. The molecular weight excluding hydrogens is 318 g/mol. The quantitative estimate of drug-likeness (QED) is 0.746. The van der Waals surface area contributed by atoms with Crippen molar-refractivity contribution in [3.8, 4) is 0 Å². The van der Waals surface area contributed by atoms with Gasteiger partial charge in [0.1, 0.15) is 0 Å². The Morgan fingerprint density at radius 2 is 2.12 bits per heavy atom. The Morgan fingerprint density at radius 1 is 1.25 bits per heavy atom. The fourth-order valence-electron chi connectivity index (χ4n) is 2.78. The van der Waals surface area contributed by atoms with E-state index in [1.807, 2.05) is 44.2 Å². The van der Waals surface area contributed by atoms with E-state index in [1.165, 1.54) is 4.88 Å². The van der Waals surface area contributed by atoms with Gasteiger partial charge in [-0.25, -0.2) is 0 Å². The lowest BCUT2D eigenvalue weighted by Gasteiger charge is -2.09. The first kappa shape index (κ1) is 16.5. The Kier molecular flexibility index (Phi) is 5.11. The van der Waals surface area contributed by atoms with Crippen molar-refractivity contribution < 1.29 is 4.79 Å². The first-order valence-electron chi connectivity index (χ1n) is 8.02. The molecular formula is C19H21N3OS. The number of aromatic nitrogens is 2. The number of thiophene rings is 1. The summed E-state index contributed by atoms with van der Waals surface area (Å²) >= 11 is 1.72. The number of rotatable bonds is 6. The van der Waals surface area contributed by atoms with Gasteiger partial charge < -0.3 is 9.88 Å². The predicted octanol–water partition coefficient (Wildman–Crippen LogP) is 3.58. The maximum absolute atomic E-state index is 12.5. The van der Waals surface area contributed by atoms with Gasteiger partial charge in [-0.2, -0.15) is 0 Å². The lowest BCUT2D eigenvalue weighted by atomic mass is 10.2. The molecule has 0 spiro atoms. The molecule has 1 amide bonds. The fraction of sp³-hybridized carbons (Fsp3) is 0.263. The predicted molar refractivity (Wildman–Crippen MR) is 97.6 cm³/mol. The van der Waals surface area contributed by atoms with Crippen LogP contribution in [0.25, 0.3) is 0 Å². The van der Waals surface area contributed by atoms with E-state index in [0.29, 0.717) is 13.1 Å². The number of pyridine rings is 1. The Morgan fingerprint density at radius 3 is 2.83 bits per heavy atom. The van der Waals surface area contributed by atoms with Crippen molar-refractivity contribution in [3.63, 3.8) is 0 Å². The highest BCUT2D eigenvalue weighted by atomic mass is 32.1. The van der Waals surface area contributed by atoms with Gasteiger partial charge in [-0.3, -0.25) is 9.78 Å². The minimum Gasteiger partial charge on any atom is -0.352 e. The molecule has 0 fully saturated rings. The summed E-state index contributed by atoms with van der Waals surface area (Å²) in [4.78, 5) is 18.1. The Labute approximate surface area is 146 Å². The largest absolute Gasteiger partial charge is 0.352 e. The summed E-state index contributed by atoms with van der Waals surface area (Å²) in [7, 11) is 0. The molecule has 0 unspecified atom stereocenters. The van der Waals surface area contributed by atoms with Gasteiger partial charge in [0.05, 0.1) is 17.8 Å². The van der Waals surface area contributed by atoms with E-state index in [0.717, 1.165) is 29.1 Å². The summed E-state index contributed by atoms with van der Waals surface area (Å²) in [6.07, 6.45) is 2.66. The minimum atomic E-state index is -0.00748. The van der Waals surface area contributed by atoms with Gasteiger partial charge in [0.15, 0.2) is 0 Å². The van der Waals surface area contributed by atoms with Crippen molar-refractivity contribution in [3.05, 3.63) is 75.5 Å². The Bertz CT molecular complexity index is 807.